The molecule has 1 aliphatic carbocycles. The van der Waals surface area contributed by atoms with Crippen LogP contribution in [0.15, 0.2) is 0 Å². The van der Waals surface area contributed by atoms with E-state index in [-0.39, 0.29) is 5.60 Å². The lowest BCUT2D eigenvalue weighted by molar-refractivity contribution is -0.148. The minimum Gasteiger partial charge on any atom is -0.374 e. The van der Waals surface area contributed by atoms with E-state index in [1.165, 1.54) is 12.8 Å². The highest BCUT2D eigenvalue weighted by molar-refractivity contribution is 5.80. The number of ketones is 1. The molecule has 0 aromatic rings. The third-order valence-corrected chi connectivity index (χ3v) is 4.43. The minimum atomic E-state index is -0.0723. The maximum absolute atomic E-state index is 11.5. The van der Waals surface area contributed by atoms with Crippen molar-refractivity contribution in [3.05, 3.63) is 0 Å². The van der Waals surface area contributed by atoms with Crippen molar-refractivity contribution in [2.24, 2.45) is 11.3 Å². The maximum atomic E-state index is 11.5. The van der Waals surface area contributed by atoms with E-state index in [0.29, 0.717) is 30.6 Å². The second-order valence-corrected chi connectivity index (χ2v) is 6.64. The molecule has 0 amide bonds. The SMILES string of the molecule is CC(C)(C)C1CCC2(CC1)CC(=O)CCO2. The highest BCUT2D eigenvalue weighted by Gasteiger charge is 2.42. The van der Waals surface area contributed by atoms with Gasteiger partial charge in [0.1, 0.15) is 5.78 Å². The summed E-state index contributed by atoms with van der Waals surface area (Å²) in [5.41, 5.74) is 0.331. The molecule has 2 heteroatoms. The van der Waals surface area contributed by atoms with Crippen molar-refractivity contribution in [1.82, 2.24) is 0 Å². The minimum absolute atomic E-state index is 0.0723. The molecule has 1 saturated carbocycles. The Morgan fingerprint density at radius 1 is 1.25 bits per heavy atom. The first kappa shape index (κ1) is 12.1. The van der Waals surface area contributed by atoms with Crippen molar-refractivity contribution in [2.75, 3.05) is 6.61 Å². The van der Waals surface area contributed by atoms with Crippen LogP contribution in [0, 0.1) is 11.3 Å². The molecule has 16 heavy (non-hydrogen) atoms. The summed E-state index contributed by atoms with van der Waals surface area (Å²) in [6.07, 6.45) is 5.91. The fraction of sp³-hybridized carbons (Fsp3) is 0.929. The van der Waals surface area contributed by atoms with Gasteiger partial charge in [0.05, 0.1) is 12.2 Å². The molecule has 1 heterocycles. The molecule has 92 valence electrons. The van der Waals surface area contributed by atoms with Gasteiger partial charge in [-0.25, -0.2) is 0 Å². The molecule has 0 N–H and O–H groups in total. The van der Waals surface area contributed by atoms with Gasteiger partial charge in [0, 0.05) is 12.8 Å². The Bertz CT molecular complexity index is 267. The molecular weight excluding hydrogens is 200 g/mol. The van der Waals surface area contributed by atoms with E-state index in [1.807, 2.05) is 0 Å². The van der Waals surface area contributed by atoms with Crippen molar-refractivity contribution in [3.8, 4) is 0 Å². The molecule has 2 rings (SSSR count). The number of Topliss-reactive ketones (excluding diaryl/α,β-unsaturated/α-hetero) is 1. The molecule has 0 radical (unpaired) electrons. The summed E-state index contributed by atoms with van der Waals surface area (Å²) in [7, 11) is 0. The second-order valence-electron chi connectivity index (χ2n) is 6.64. The first-order valence-electron chi connectivity index (χ1n) is 6.57. The Kier molecular flexibility index (Phi) is 3.13. The van der Waals surface area contributed by atoms with Crippen LogP contribution in [0.25, 0.3) is 0 Å². The number of ether oxygens (including phenoxy) is 1. The summed E-state index contributed by atoms with van der Waals surface area (Å²) < 4.78 is 5.92. The van der Waals surface area contributed by atoms with E-state index < -0.39 is 0 Å². The molecule has 1 spiro atoms. The number of hydrogen-bond acceptors (Lipinski definition) is 2. The molecule has 0 atom stereocenters. The Balaban J connectivity index is 1.96. The van der Waals surface area contributed by atoms with Crippen LogP contribution in [0.3, 0.4) is 0 Å². The van der Waals surface area contributed by atoms with E-state index in [2.05, 4.69) is 20.8 Å². The van der Waals surface area contributed by atoms with Gasteiger partial charge in [-0.1, -0.05) is 20.8 Å². The Labute approximate surface area is 98.7 Å². The molecule has 1 saturated heterocycles. The van der Waals surface area contributed by atoms with Crippen LogP contribution in [0.5, 0.6) is 0 Å². The molecule has 0 aromatic carbocycles. The number of rotatable bonds is 0. The lowest BCUT2D eigenvalue weighted by atomic mass is 9.67. The predicted molar refractivity (Wildman–Crippen MR) is 64.3 cm³/mol. The van der Waals surface area contributed by atoms with Gasteiger partial charge in [0.15, 0.2) is 0 Å². The fourth-order valence-corrected chi connectivity index (χ4v) is 3.21. The lowest BCUT2D eigenvalue weighted by Gasteiger charge is -2.45. The largest absolute Gasteiger partial charge is 0.374 e. The lowest BCUT2D eigenvalue weighted by Crippen LogP contribution is -2.44. The standard InChI is InChI=1S/C14H24O2/c1-13(2,3)11-4-7-14(8-5-11)10-12(15)6-9-16-14/h11H,4-10H2,1-3H3. The summed E-state index contributed by atoms with van der Waals surface area (Å²) >= 11 is 0. The molecular formula is C14H24O2. The zero-order valence-electron chi connectivity index (χ0n) is 10.8. The number of hydrogen-bond donors (Lipinski definition) is 0. The Hall–Kier alpha value is -0.370. The van der Waals surface area contributed by atoms with Crippen molar-refractivity contribution in [3.63, 3.8) is 0 Å². The summed E-state index contributed by atoms with van der Waals surface area (Å²) in [6, 6.07) is 0. The highest BCUT2D eigenvalue weighted by atomic mass is 16.5. The third kappa shape index (κ3) is 2.48. The molecule has 0 unspecified atom stereocenters. The molecule has 1 aliphatic heterocycles. The monoisotopic (exact) mass is 224 g/mol. The third-order valence-electron chi connectivity index (χ3n) is 4.43. The summed E-state index contributed by atoms with van der Waals surface area (Å²) in [5, 5.41) is 0. The van der Waals surface area contributed by atoms with Gasteiger partial charge < -0.3 is 4.74 Å². The first-order chi connectivity index (χ1) is 7.41. The van der Waals surface area contributed by atoms with E-state index in [9.17, 15) is 4.79 Å². The summed E-state index contributed by atoms with van der Waals surface area (Å²) in [6.45, 7) is 7.62. The van der Waals surface area contributed by atoms with Crippen molar-refractivity contribution >= 4 is 5.78 Å². The van der Waals surface area contributed by atoms with Crippen LogP contribution in [-0.4, -0.2) is 18.0 Å². The quantitative estimate of drug-likeness (QED) is 0.631. The summed E-state index contributed by atoms with van der Waals surface area (Å²) in [5.74, 6) is 1.19. The molecule has 2 fully saturated rings. The van der Waals surface area contributed by atoms with Gasteiger partial charge >= 0.3 is 0 Å². The maximum Gasteiger partial charge on any atom is 0.138 e. The van der Waals surface area contributed by atoms with E-state index in [0.717, 1.165) is 18.8 Å². The van der Waals surface area contributed by atoms with Crippen molar-refractivity contribution in [1.29, 1.82) is 0 Å². The molecule has 0 aromatic heterocycles. The Morgan fingerprint density at radius 2 is 1.88 bits per heavy atom. The van der Waals surface area contributed by atoms with Crippen LogP contribution in [0.2, 0.25) is 0 Å². The normalized spacial score (nSPS) is 36.7. The van der Waals surface area contributed by atoms with Gasteiger partial charge in [-0.15, -0.1) is 0 Å². The second kappa shape index (κ2) is 4.14. The van der Waals surface area contributed by atoms with Gasteiger partial charge in [0.25, 0.3) is 0 Å². The van der Waals surface area contributed by atoms with E-state index in [1.54, 1.807) is 0 Å². The highest BCUT2D eigenvalue weighted by Crippen LogP contribution is 2.45. The van der Waals surface area contributed by atoms with Crippen LogP contribution in [-0.2, 0) is 9.53 Å². The average Bonchev–Trinajstić information content (AvgIpc) is 2.16. The topological polar surface area (TPSA) is 26.3 Å². The van der Waals surface area contributed by atoms with Gasteiger partial charge in [0.2, 0.25) is 0 Å². The Morgan fingerprint density at radius 3 is 2.38 bits per heavy atom. The van der Waals surface area contributed by atoms with Crippen LogP contribution < -0.4 is 0 Å². The zero-order chi connectivity index (χ0) is 11.8. The van der Waals surface area contributed by atoms with Crippen LogP contribution in [0.4, 0.5) is 0 Å². The first-order valence-corrected chi connectivity index (χ1v) is 6.57. The average molecular weight is 224 g/mol. The van der Waals surface area contributed by atoms with Crippen LogP contribution in [0.1, 0.15) is 59.3 Å². The summed E-state index contributed by atoms with van der Waals surface area (Å²) in [4.78, 5) is 11.5. The van der Waals surface area contributed by atoms with E-state index in [4.69, 9.17) is 4.74 Å². The zero-order valence-corrected chi connectivity index (χ0v) is 10.8. The molecule has 2 nitrogen and oxygen atoms in total. The van der Waals surface area contributed by atoms with Gasteiger partial charge in [-0.3, -0.25) is 4.79 Å². The molecule has 0 bridgehead atoms. The van der Waals surface area contributed by atoms with Gasteiger partial charge in [-0.2, -0.15) is 0 Å². The number of carbonyl (C=O) groups is 1. The van der Waals surface area contributed by atoms with E-state index >= 15 is 0 Å². The molecule has 2 aliphatic rings. The number of carbonyl (C=O) groups excluding carboxylic acids is 1. The fourth-order valence-electron chi connectivity index (χ4n) is 3.21. The van der Waals surface area contributed by atoms with Gasteiger partial charge in [-0.05, 0) is 37.0 Å². The van der Waals surface area contributed by atoms with Crippen molar-refractivity contribution < 1.29 is 9.53 Å². The van der Waals surface area contributed by atoms with Crippen LogP contribution >= 0.6 is 0 Å². The predicted octanol–water partition coefficient (Wildman–Crippen LogP) is 3.34. The van der Waals surface area contributed by atoms with Crippen molar-refractivity contribution in [2.45, 2.75) is 64.9 Å². The smallest absolute Gasteiger partial charge is 0.138 e.